The summed E-state index contributed by atoms with van der Waals surface area (Å²) in [6, 6.07) is 5.95. The lowest BCUT2D eigenvalue weighted by Gasteiger charge is -2.13. The van der Waals surface area contributed by atoms with Gasteiger partial charge in [-0.1, -0.05) is 12.1 Å². The molecule has 8 nitrogen and oxygen atoms in total. The molecule has 0 saturated heterocycles. The number of hydrogen-bond acceptors (Lipinski definition) is 6. The van der Waals surface area contributed by atoms with E-state index < -0.39 is 16.8 Å². The number of hydrogen-bond donors (Lipinski definition) is 5. The molecule has 10 heteroatoms. The molecule has 0 amide bonds. The second-order valence-corrected chi connectivity index (χ2v) is 5.23. The molecule has 0 radical (unpaired) electrons. The van der Waals surface area contributed by atoms with Crippen LogP contribution in [0.1, 0.15) is 5.56 Å². The number of rotatable bonds is 4. The number of hydrazine groups is 1. The Morgan fingerprint density at radius 3 is 2.73 bits per heavy atom. The van der Waals surface area contributed by atoms with Gasteiger partial charge in [-0.2, -0.15) is 0 Å². The van der Waals surface area contributed by atoms with E-state index in [2.05, 4.69) is 10.1 Å². The lowest BCUT2D eigenvalue weighted by atomic mass is 10.00. The lowest BCUT2D eigenvalue weighted by Crippen LogP contribution is -2.25. The minimum Gasteiger partial charge on any atom is -0.382 e. The van der Waals surface area contributed by atoms with Crippen molar-refractivity contribution in [3.05, 3.63) is 41.8 Å². The topological polar surface area (TPSA) is 158 Å². The summed E-state index contributed by atoms with van der Waals surface area (Å²) >= 11 is 0. The van der Waals surface area contributed by atoms with Crippen molar-refractivity contribution in [1.29, 1.82) is 0 Å². The van der Waals surface area contributed by atoms with Crippen molar-refractivity contribution in [2.45, 2.75) is 4.90 Å². The van der Waals surface area contributed by atoms with Crippen molar-refractivity contribution in [2.75, 3.05) is 5.73 Å². The van der Waals surface area contributed by atoms with E-state index in [9.17, 15) is 8.60 Å². The van der Waals surface area contributed by atoms with Gasteiger partial charge < -0.3 is 11.5 Å². The van der Waals surface area contributed by atoms with Gasteiger partial charge in [0, 0.05) is 17.3 Å². The number of amidine groups is 1. The molecule has 2 aromatic rings. The van der Waals surface area contributed by atoms with E-state index in [0.29, 0.717) is 11.1 Å². The van der Waals surface area contributed by atoms with E-state index in [4.69, 9.17) is 22.4 Å². The van der Waals surface area contributed by atoms with Crippen LogP contribution in [0.2, 0.25) is 0 Å². The highest BCUT2D eigenvalue weighted by Crippen LogP contribution is 2.28. The van der Waals surface area contributed by atoms with E-state index in [1.807, 2.05) is 5.53 Å². The average Bonchev–Trinajstić information content (AvgIpc) is 2.49. The van der Waals surface area contributed by atoms with Crippen molar-refractivity contribution in [3.8, 4) is 11.1 Å². The number of aromatic nitrogens is 1. The molecule has 116 valence electrons. The molecule has 0 fully saturated rings. The first-order valence-electron chi connectivity index (χ1n) is 5.95. The monoisotopic (exact) mass is 323 g/mol. The van der Waals surface area contributed by atoms with Crippen LogP contribution in [0.3, 0.4) is 0 Å². The van der Waals surface area contributed by atoms with Gasteiger partial charge in [0.2, 0.25) is 0 Å². The first kappa shape index (κ1) is 15.8. The molecule has 2 rings (SSSR count). The number of nitrogen functional groups attached to an aromatic ring is 1. The number of benzene rings is 1. The Morgan fingerprint density at radius 1 is 1.41 bits per heavy atom. The van der Waals surface area contributed by atoms with Crippen LogP contribution in [-0.4, -0.2) is 15.0 Å². The predicted octanol–water partition coefficient (Wildman–Crippen LogP) is -0.465. The Labute approximate surface area is 127 Å². The fourth-order valence-electron chi connectivity index (χ4n) is 1.92. The summed E-state index contributed by atoms with van der Waals surface area (Å²) in [4.78, 5) is 3.98. The van der Waals surface area contributed by atoms with Crippen LogP contribution in [0, 0.1) is 5.82 Å². The van der Waals surface area contributed by atoms with E-state index in [1.54, 1.807) is 12.1 Å². The maximum absolute atomic E-state index is 13.6. The maximum Gasteiger partial charge on any atom is 0.165 e. The summed E-state index contributed by atoms with van der Waals surface area (Å²) in [7, 11) is -1.83. The molecule has 0 aliphatic heterocycles. The van der Waals surface area contributed by atoms with Gasteiger partial charge in [-0.25, -0.2) is 30.1 Å². The largest absolute Gasteiger partial charge is 0.382 e. The molecule has 0 aliphatic rings. The predicted molar refractivity (Wildman–Crippen MR) is 82.7 cm³/mol. The van der Waals surface area contributed by atoms with Gasteiger partial charge in [0.25, 0.3) is 0 Å². The first-order chi connectivity index (χ1) is 10.5. The molecule has 0 saturated carbocycles. The van der Waals surface area contributed by atoms with Crippen LogP contribution in [0.15, 0.2) is 40.5 Å². The number of nitrogens with one attached hydrogen (secondary N) is 1. The number of pyridine rings is 1. The second kappa shape index (κ2) is 6.47. The summed E-state index contributed by atoms with van der Waals surface area (Å²) in [5.41, 5.74) is 14.3. The van der Waals surface area contributed by atoms with Crippen molar-refractivity contribution >= 4 is 22.6 Å². The van der Waals surface area contributed by atoms with E-state index in [0.717, 1.165) is 0 Å². The van der Waals surface area contributed by atoms with E-state index in [-0.39, 0.29) is 22.1 Å². The third-order valence-electron chi connectivity index (χ3n) is 2.86. The highest BCUT2D eigenvalue weighted by Gasteiger charge is 2.17. The van der Waals surface area contributed by atoms with Gasteiger partial charge in [0.1, 0.15) is 11.0 Å². The third-order valence-corrected chi connectivity index (χ3v) is 3.64. The molecule has 9 N–H and O–H groups in total. The highest BCUT2D eigenvalue weighted by molar-refractivity contribution is 7.82. The SMILES string of the molecule is NN/N=C(\N)c1c(-c2cnc(N)c(F)c2)cccc1S(N)=O. The van der Waals surface area contributed by atoms with Crippen molar-refractivity contribution in [2.24, 2.45) is 21.8 Å². The quantitative estimate of drug-likeness (QED) is 0.221. The summed E-state index contributed by atoms with van der Waals surface area (Å²) in [6.07, 6.45) is 1.36. The minimum atomic E-state index is -1.83. The molecular weight excluding hydrogens is 309 g/mol. The van der Waals surface area contributed by atoms with Crippen LogP contribution < -0.4 is 28.0 Å². The molecular formula is C12H14FN7OS. The molecule has 22 heavy (non-hydrogen) atoms. The zero-order valence-corrected chi connectivity index (χ0v) is 12.1. The van der Waals surface area contributed by atoms with Crippen LogP contribution in [-0.2, 0) is 11.0 Å². The number of halogens is 1. The molecule has 1 atom stereocenters. The van der Waals surface area contributed by atoms with Gasteiger partial charge in [0.15, 0.2) is 17.5 Å². The van der Waals surface area contributed by atoms with Crippen LogP contribution in [0.4, 0.5) is 10.2 Å². The standard InChI is InChI=1S/C12H14FN7OS/c13-8-4-6(5-18-11(8)14)7-2-1-3-9(22(17)21)10(7)12(15)19-20-16/h1-5,20H,16-17H2,(H2,14,18)(H2,15,19). The van der Waals surface area contributed by atoms with E-state index in [1.165, 1.54) is 18.3 Å². The molecule has 0 aliphatic carbocycles. The molecule has 1 aromatic heterocycles. The molecule has 1 aromatic carbocycles. The average molecular weight is 323 g/mol. The Bertz CT molecular complexity index is 765. The van der Waals surface area contributed by atoms with E-state index >= 15 is 0 Å². The van der Waals surface area contributed by atoms with Crippen LogP contribution in [0.25, 0.3) is 11.1 Å². The molecule has 1 heterocycles. The smallest absolute Gasteiger partial charge is 0.165 e. The lowest BCUT2D eigenvalue weighted by molar-refractivity contribution is 0.628. The molecule has 0 bridgehead atoms. The fraction of sp³-hybridized carbons (Fsp3) is 0. The van der Waals surface area contributed by atoms with Crippen molar-refractivity contribution in [3.63, 3.8) is 0 Å². The zero-order chi connectivity index (χ0) is 16.3. The second-order valence-electron chi connectivity index (χ2n) is 4.19. The number of anilines is 1. The van der Waals surface area contributed by atoms with Crippen LogP contribution >= 0.6 is 0 Å². The third kappa shape index (κ3) is 3.03. The minimum absolute atomic E-state index is 0.0517. The zero-order valence-electron chi connectivity index (χ0n) is 11.3. The first-order valence-corrected chi connectivity index (χ1v) is 7.16. The van der Waals surface area contributed by atoms with Gasteiger partial charge in [0.05, 0.1) is 4.90 Å². The summed E-state index contributed by atoms with van der Waals surface area (Å²) in [5.74, 6) is 4.15. The van der Waals surface area contributed by atoms with Crippen molar-refractivity contribution < 1.29 is 8.60 Å². The summed E-state index contributed by atoms with van der Waals surface area (Å²) in [6.45, 7) is 0. The Morgan fingerprint density at radius 2 is 2.14 bits per heavy atom. The molecule has 1 unspecified atom stereocenters. The maximum atomic E-state index is 13.6. The Balaban J connectivity index is 2.75. The Kier molecular flexibility index (Phi) is 4.65. The Hall–Kier alpha value is -2.56. The van der Waals surface area contributed by atoms with Gasteiger partial charge in [-0.15, -0.1) is 5.10 Å². The summed E-state index contributed by atoms with van der Waals surface area (Å²) in [5, 5.41) is 9.11. The molecule has 0 spiro atoms. The fourth-order valence-corrected chi connectivity index (χ4v) is 2.55. The summed E-state index contributed by atoms with van der Waals surface area (Å²) < 4.78 is 25.3. The number of nitrogens with zero attached hydrogens (tertiary/aromatic N) is 2. The van der Waals surface area contributed by atoms with Gasteiger partial charge in [-0.05, 0) is 17.7 Å². The normalized spacial score (nSPS) is 13.0. The van der Waals surface area contributed by atoms with Gasteiger partial charge in [-0.3, -0.25) is 0 Å². The van der Waals surface area contributed by atoms with Crippen molar-refractivity contribution in [1.82, 2.24) is 10.5 Å². The van der Waals surface area contributed by atoms with Gasteiger partial charge >= 0.3 is 0 Å². The van der Waals surface area contributed by atoms with Crippen LogP contribution in [0.5, 0.6) is 0 Å². The highest BCUT2D eigenvalue weighted by atomic mass is 32.2. The number of hydrazone groups is 1. The number of nitrogens with two attached hydrogens (primary N) is 4.